The van der Waals surface area contributed by atoms with Crippen molar-refractivity contribution in [2.24, 2.45) is 5.73 Å². The first-order valence-electron chi connectivity index (χ1n) is 7.44. The summed E-state index contributed by atoms with van der Waals surface area (Å²) in [5, 5.41) is 0. The molecule has 2 rings (SSSR count). The molecule has 1 aromatic carbocycles. The third-order valence-electron chi connectivity index (χ3n) is 4.34. The zero-order valence-electron chi connectivity index (χ0n) is 12.8. The standard InChI is InChI=1S/C15H25N3O2S/c1-12-13(10-16)6-5-8-15(12)21(19,20)17-11-14-7-3-4-9-18(14)2/h5-6,8,14,17H,3-4,7,9-11,16H2,1-2H3. The highest BCUT2D eigenvalue weighted by molar-refractivity contribution is 7.89. The van der Waals surface area contributed by atoms with Gasteiger partial charge in [-0.2, -0.15) is 0 Å². The normalized spacial score (nSPS) is 20.6. The van der Waals surface area contributed by atoms with Crippen molar-refractivity contribution in [2.75, 3.05) is 20.1 Å². The molecule has 0 bridgehead atoms. The fraction of sp³-hybridized carbons (Fsp3) is 0.600. The molecule has 6 heteroatoms. The van der Waals surface area contributed by atoms with Gasteiger partial charge in [0.25, 0.3) is 0 Å². The summed E-state index contributed by atoms with van der Waals surface area (Å²) in [6.07, 6.45) is 3.40. The van der Waals surface area contributed by atoms with Crippen molar-refractivity contribution in [3.63, 3.8) is 0 Å². The second-order valence-corrected chi connectivity index (χ2v) is 7.46. The molecule has 1 aliphatic rings. The summed E-state index contributed by atoms with van der Waals surface area (Å²) in [4.78, 5) is 2.57. The minimum atomic E-state index is -3.48. The molecule has 0 aliphatic carbocycles. The van der Waals surface area contributed by atoms with Crippen LogP contribution in [0.5, 0.6) is 0 Å². The summed E-state index contributed by atoms with van der Waals surface area (Å²) in [6.45, 7) is 3.66. The number of rotatable bonds is 5. The van der Waals surface area contributed by atoms with Crippen molar-refractivity contribution in [3.05, 3.63) is 29.3 Å². The molecule has 1 aliphatic heterocycles. The maximum absolute atomic E-state index is 12.5. The van der Waals surface area contributed by atoms with Gasteiger partial charge in [0, 0.05) is 19.1 Å². The van der Waals surface area contributed by atoms with E-state index in [0.717, 1.165) is 24.1 Å². The molecule has 1 unspecified atom stereocenters. The highest BCUT2D eigenvalue weighted by atomic mass is 32.2. The summed E-state index contributed by atoms with van der Waals surface area (Å²) in [5.74, 6) is 0. The number of piperidine rings is 1. The smallest absolute Gasteiger partial charge is 0.240 e. The number of nitrogens with zero attached hydrogens (tertiary/aromatic N) is 1. The monoisotopic (exact) mass is 311 g/mol. The van der Waals surface area contributed by atoms with Crippen molar-refractivity contribution < 1.29 is 8.42 Å². The number of nitrogens with two attached hydrogens (primary N) is 1. The zero-order valence-corrected chi connectivity index (χ0v) is 13.6. The zero-order chi connectivity index (χ0) is 15.5. The number of sulfonamides is 1. The van der Waals surface area contributed by atoms with Crippen molar-refractivity contribution >= 4 is 10.0 Å². The Bertz CT molecular complexity index is 587. The Hall–Kier alpha value is -0.950. The summed E-state index contributed by atoms with van der Waals surface area (Å²) >= 11 is 0. The highest BCUT2D eigenvalue weighted by Crippen LogP contribution is 2.19. The van der Waals surface area contributed by atoms with Crippen molar-refractivity contribution in [1.82, 2.24) is 9.62 Å². The quantitative estimate of drug-likeness (QED) is 0.857. The highest BCUT2D eigenvalue weighted by Gasteiger charge is 2.23. The number of likely N-dealkylation sites (tertiary alicyclic amines) is 1. The van der Waals surface area contributed by atoms with E-state index < -0.39 is 10.0 Å². The first kappa shape index (κ1) is 16.4. The van der Waals surface area contributed by atoms with E-state index in [0.29, 0.717) is 18.0 Å². The van der Waals surface area contributed by atoms with Gasteiger partial charge < -0.3 is 10.6 Å². The number of nitrogens with one attached hydrogen (secondary N) is 1. The second-order valence-electron chi connectivity index (χ2n) is 5.73. The number of benzene rings is 1. The Morgan fingerprint density at radius 1 is 1.38 bits per heavy atom. The molecule has 0 amide bonds. The molecule has 0 spiro atoms. The summed E-state index contributed by atoms with van der Waals surface area (Å²) in [5.41, 5.74) is 7.26. The SMILES string of the molecule is Cc1c(CN)cccc1S(=O)(=O)NCC1CCCCN1C. The van der Waals surface area contributed by atoms with E-state index in [4.69, 9.17) is 5.73 Å². The van der Waals surface area contributed by atoms with Gasteiger partial charge in [0.1, 0.15) is 0 Å². The minimum absolute atomic E-state index is 0.284. The maximum Gasteiger partial charge on any atom is 0.240 e. The lowest BCUT2D eigenvalue weighted by molar-refractivity contribution is 0.187. The number of hydrogen-bond donors (Lipinski definition) is 2. The summed E-state index contributed by atoms with van der Waals surface area (Å²) < 4.78 is 27.8. The molecule has 1 heterocycles. The van der Waals surface area contributed by atoms with Gasteiger partial charge in [0.15, 0.2) is 0 Å². The van der Waals surface area contributed by atoms with Crippen LogP contribution in [0, 0.1) is 6.92 Å². The molecule has 3 N–H and O–H groups in total. The number of likely N-dealkylation sites (N-methyl/N-ethyl adjacent to an activating group) is 1. The van der Waals surface area contributed by atoms with E-state index in [1.54, 1.807) is 12.1 Å². The fourth-order valence-corrected chi connectivity index (χ4v) is 4.22. The molecule has 118 valence electrons. The predicted octanol–water partition coefficient (Wildman–Crippen LogP) is 1.22. The molecule has 5 nitrogen and oxygen atoms in total. The van der Waals surface area contributed by atoms with E-state index in [2.05, 4.69) is 16.7 Å². The molecule has 0 radical (unpaired) electrons. The Morgan fingerprint density at radius 2 is 2.14 bits per heavy atom. The van der Waals surface area contributed by atoms with E-state index in [1.165, 1.54) is 12.8 Å². The third-order valence-corrected chi connectivity index (χ3v) is 5.90. The van der Waals surface area contributed by atoms with Crippen LogP contribution in [0.3, 0.4) is 0 Å². The first-order valence-corrected chi connectivity index (χ1v) is 8.92. The fourth-order valence-electron chi connectivity index (χ4n) is 2.86. The molecular weight excluding hydrogens is 286 g/mol. The molecule has 1 saturated heterocycles. The average molecular weight is 311 g/mol. The largest absolute Gasteiger partial charge is 0.326 e. The topological polar surface area (TPSA) is 75.4 Å². The van der Waals surface area contributed by atoms with Crippen LogP contribution in [0.4, 0.5) is 0 Å². The lowest BCUT2D eigenvalue weighted by Crippen LogP contribution is -2.44. The van der Waals surface area contributed by atoms with E-state index in [9.17, 15) is 8.42 Å². The van der Waals surface area contributed by atoms with Gasteiger partial charge in [0.05, 0.1) is 4.90 Å². The van der Waals surface area contributed by atoms with Gasteiger partial charge in [-0.15, -0.1) is 0 Å². The van der Waals surface area contributed by atoms with Crippen LogP contribution in [0.2, 0.25) is 0 Å². The Kier molecular flexibility index (Phi) is 5.37. The van der Waals surface area contributed by atoms with Crippen molar-refractivity contribution in [3.8, 4) is 0 Å². The van der Waals surface area contributed by atoms with Crippen LogP contribution < -0.4 is 10.5 Å². The Morgan fingerprint density at radius 3 is 2.81 bits per heavy atom. The molecule has 21 heavy (non-hydrogen) atoms. The predicted molar refractivity (Wildman–Crippen MR) is 84.5 cm³/mol. The first-order chi connectivity index (χ1) is 9.95. The van der Waals surface area contributed by atoms with Crippen LogP contribution in [-0.2, 0) is 16.6 Å². The van der Waals surface area contributed by atoms with Gasteiger partial charge in [-0.1, -0.05) is 18.6 Å². The third kappa shape index (κ3) is 3.83. The lowest BCUT2D eigenvalue weighted by Gasteiger charge is -2.32. The van der Waals surface area contributed by atoms with Gasteiger partial charge in [-0.05, 0) is 50.6 Å². The maximum atomic E-state index is 12.5. The molecular formula is C15H25N3O2S. The molecule has 0 aromatic heterocycles. The van der Waals surface area contributed by atoms with Crippen LogP contribution in [0.1, 0.15) is 30.4 Å². The van der Waals surface area contributed by atoms with E-state index >= 15 is 0 Å². The van der Waals surface area contributed by atoms with Gasteiger partial charge in [0.2, 0.25) is 10.0 Å². The molecule has 1 atom stereocenters. The average Bonchev–Trinajstić information content (AvgIpc) is 2.46. The van der Waals surface area contributed by atoms with E-state index in [-0.39, 0.29) is 6.04 Å². The van der Waals surface area contributed by atoms with Crippen LogP contribution in [-0.4, -0.2) is 39.5 Å². The molecule has 0 saturated carbocycles. The Balaban J connectivity index is 2.11. The van der Waals surface area contributed by atoms with Crippen molar-refractivity contribution in [1.29, 1.82) is 0 Å². The van der Waals surface area contributed by atoms with Gasteiger partial charge >= 0.3 is 0 Å². The molecule has 1 fully saturated rings. The van der Waals surface area contributed by atoms with Crippen molar-refractivity contribution in [2.45, 2.75) is 43.7 Å². The molecule has 1 aromatic rings. The van der Waals surface area contributed by atoms with E-state index in [1.807, 2.05) is 13.0 Å². The lowest BCUT2D eigenvalue weighted by atomic mass is 10.0. The Labute approximate surface area is 127 Å². The summed E-state index contributed by atoms with van der Waals surface area (Å²) in [7, 11) is -1.42. The number of hydrogen-bond acceptors (Lipinski definition) is 4. The second kappa shape index (κ2) is 6.87. The minimum Gasteiger partial charge on any atom is -0.326 e. The van der Waals surface area contributed by atoms with Crippen LogP contribution in [0.15, 0.2) is 23.1 Å². The van der Waals surface area contributed by atoms with Gasteiger partial charge in [-0.25, -0.2) is 13.1 Å². The van der Waals surface area contributed by atoms with Crippen LogP contribution in [0.25, 0.3) is 0 Å². The summed E-state index contributed by atoms with van der Waals surface area (Å²) in [6, 6.07) is 5.53. The van der Waals surface area contributed by atoms with Crippen LogP contribution >= 0.6 is 0 Å². The van der Waals surface area contributed by atoms with Gasteiger partial charge in [-0.3, -0.25) is 0 Å².